The van der Waals surface area contributed by atoms with Gasteiger partial charge in [0, 0.05) is 23.6 Å². The molecule has 4 rings (SSSR count). The molecule has 212 valence electrons. The molecule has 0 saturated carbocycles. The number of aromatic carboxylic acids is 1. The summed E-state index contributed by atoms with van der Waals surface area (Å²) in [4.78, 5) is 50.6. The summed E-state index contributed by atoms with van der Waals surface area (Å²) in [6.07, 6.45) is 0.507. The second kappa shape index (κ2) is 11.2. The second-order valence-electron chi connectivity index (χ2n) is 11.3. The molecule has 2 heterocycles. The van der Waals surface area contributed by atoms with Crippen molar-refractivity contribution < 1.29 is 33.6 Å². The number of carboxylic acids is 1. The number of carbonyl (C=O) groups is 3. The molecule has 0 bridgehead atoms. The number of β-lactam (4-membered cyclic amide) rings is 1. The number of esters is 1. The van der Waals surface area contributed by atoms with Gasteiger partial charge in [0.1, 0.15) is 12.3 Å². The lowest BCUT2D eigenvalue weighted by molar-refractivity contribution is -0.384. The van der Waals surface area contributed by atoms with Gasteiger partial charge in [0.15, 0.2) is 8.32 Å². The fourth-order valence-electron chi connectivity index (χ4n) is 4.23. The minimum Gasteiger partial charge on any atom is -0.478 e. The molecule has 1 fully saturated rings. The van der Waals surface area contributed by atoms with Crippen LogP contribution in [-0.4, -0.2) is 53.1 Å². The lowest BCUT2D eigenvalue weighted by Crippen LogP contribution is -2.57. The Labute approximate surface area is 237 Å². The van der Waals surface area contributed by atoms with Crippen LogP contribution < -0.4 is 0 Å². The van der Waals surface area contributed by atoms with Crippen LogP contribution in [0.1, 0.15) is 48.7 Å². The van der Waals surface area contributed by atoms with Crippen LogP contribution in [0, 0.1) is 16.0 Å². The summed E-state index contributed by atoms with van der Waals surface area (Å²) in [6, 6.07) is 11.9. The monoisotopic (exact) mass is 584 g/mol. The summed E-state index contributed by atoms with van der Waals surface area (Å²) < 4.78 is 11.8. The van der Waals surface area contributed by atoms with E-state index in [1.165, 1.54) is 53.1 Å². The van der Waals surface area contributed by atoms with Crippen molar-refractivity contribution in [2.75, 3.05) is 6.61 Å². The van der Waals surface area contributed by atoms with Crippen molar-refractivity contribution in [2.24, 2.45) is 5.92 Å². The van der Waals surface area contributed by atoms with Crippen LogP contribution >= 0.6 is 11.8 Å². The Morgan fingerprint density at radius 3 is 2.42 bits per heavy atom. The number of non-ortho nitro benzene ring substituents is 1. The molecule has 1 N–H and O–H groups in total. The van der Waals surface area contributed by atoms with Gasteiger partial charge in [-0.1, -0.05) is 44.7 Å². The quantitative estimate of drug-likeness (QED) is 0.123. The fraction of sp³-hybridized carbons (Fsp3) is 0.393. The fourth-order valence-corrected chi connectivity index (χ4v) is 6.82. The molecule has 2 aromatic rings. The number of rotatable bonds is 10. The number of fused-ring (bicyclic) bond motifs is 1. The molecule has 0 unspecified atom stereocenters. The van der Waals surface area contributed by atoms with Gasteiger partial charge in [0.25, 0.3) is 5.69 Å². The number of benzene rings is 2. The van der Waals surface area contributed by atoms with Crippen LogP contribution in [0.25, 0.3) is 4.91 Å². The lowest BCUT2D eigenvalue weighted by atomic mass is 9.94. The van der Waals surface area contributed by atoms with Crippen molar-refractivity contribution >= 4 is 48.5 Å². The van der Waals surface area contributed by atoms with E-state index in [1.807, 2.05) is 0 Å². The number of hydrogen-bond acceptors (Lipinski definition) is 8. The molecule has 0 aliphatic carbocycles. The third-order valence-corrected chi connectivity index (χ3v) is 13.6. The van der Waals surface area contributed by atoms with Gasteiger partial charge in [0.05, 0.1) is 21.8 Å². The lowest BCUT2D eigenvalue weighted by Gasteiger charge is -2.43. The predicted molar refractivity (Wildman–Crippen MR) is 153 cm³/mol. The first-order chi connectivity index (χ1) is 18.7. The van der Waals surface area contributed by atoms with Crippen molar-refractivity contribution in [1.82, 2.24) is 4.90 Å². The summed E-state index contributed by atoms with van der Waals surface area (Å²) in [6.45, 7) is 11.0. The molecular formula is C28H32N2O8SSi. The Kier molecular flexibility index (Phi) is 8.25. The van der Waals surface area contributed by atoms with Crippen LogP contribution in [0.5, 0.6) is 0 Å². The standard InChI is InChI=1S/C28H32N2O8SSi/c1-28(2,3)40(4,5)38-14-13-21-24(31)29-22(27(34)37-16-17-9-11-20(12-10-17)30(35)36)23(39-25(21)29)18-7-6-8-19(15-18)26(32)33/h6-12,15,21,25H,13-14,16H2,1-5H3,(H,32,33)/t21-,25+/m0/s1. The zero-order chi connectivity index (χ0) is 29.4. The average molecular weight is 585 g/mol. The normalized spacial score (nSPS) is 18.8. The predicted octanol–water partition coefficient (Wildman–Crippen LogP) is 5.65. The Hall–Kier alpha value is -3.48. The molecule has 0 radical (unpaired) electrons. The topological polar surface area (TPSA) is 136 Å². The number of nitro benzene ring substituents is 1. The first-order valence-electron chi connectivity index (χ1n) is 12.8. The molecule has 12 heteroatoms. The van der Waals surface area contributed by atoms with E-state index in [1.54, 1.807) is 12.1 Å². The van der Waals surface area contributed by atoms with E-state index in [2.05, 4.69) is 33.9 Å². The van der Waals surface area contributed by atoms with E-state index in [0.717, 1.165) is 0 Å². The smallest absolute Gasteiger partial charge is 0.356 e. The Bertz CT molecular complexity index is 1380. The second-order valence-corrected chi connectivity index (χ2v) is 17.2. The first kappa shape index (κ1) is 29.5. The molecule has 40 heavy (non-hydrogen) atoms. The van der Waals surface area contributed by atoms with Gasteiger partial charge in [0.2, 0.25) is 5.91 Å². The Balaban J connectivity index is 1.55. The number of amides is 1. The maximum atomic E-state index is 13.4. The molecule has 1 amide bonds. The van der Waals surface area contributed by atoms with Gasteiger partial charge in [-0.25, -0.2) is 9.59 Å². The van der Waals surface area contributed by atoms with Crippen molar-refractivity contribution in [3.8, 4) is 0 Å². The Morgan fingerprint density at radius 2 is 1.82 bits per heavy atom. The van der Waals surface area contributed by atoms with Gasteiger partial charge >= 0.3 is 11.9 Å². The van der Waals surface area contributed by atoms with Gasteiger partial charge in [-0.15, -0.1) is 0 Å². The van der Waals surface area contributed by atoms with E-state index >= 15 is 0 Å². The molecule has 0 spiro atoms. The summed E-state index contributed by atoms with van der Waals surface area (Å²) >= 11 is 1.34. The highest BCUT2D eigenvalue weighted by atomic mass is 32.2. The molecule has 2 atom stereocenters. The highest BCUT2D eigenvalue weighted by Crippen LogP contribution is 2.54. The minimum absolute atomic E-state index is 0.0370. The SMILES string of the molecule is CC(C)(C)[Si](C)(C)OCC[C@H]1C(=O)N2C(C(=O)OCc3ccc([N+](=O)[O-])cc3)=C(c3cccc(C(=O)O)c3)S[C@H]12. The van der Waals surface area contributed by atoms with Crippen molar-refractivity contribution in [2.45, 2.75) is 57.3 Å². The number of hydrogen-bond donors (Lipinski definition) is 1. The van der Waals surface area contributed by atoms with Gasteiger partial charge in [-0.2, -0.15) is 0 Å². The number of thioether (sulfide) groups is 1. The molecule has 2 aliphatic rings. The molecule has 0 aromatic heterocycles. The van der Waals surface area contributed by atoms with Crippen molar-refractivity contribution in [3.05, 3.63) is 81.0 Å². The Morgan fingerprint density at radius 1 is 1.15 bits per heavy atom. The maximum Gasteiger partial charge on any atom is 0.356 e. The van der Waals surface area contributed by atoms with E-state index < -0.39 is 25.2 Å². The summed E-state index contributed by atoms with van der Waals surface area (Å²) in [7, 11) is -1.99. The van der Waals surface area contributed by atoms with Crippen LogP contribution in [0.3, 0.4) is 0 Å². The summed E-state index contributed by atoms with van der Waals surface area (Å²) in [5.74, 6) is -2.39. The first-order valence-corrected chi connectivity index (χ1v) is 16.6. The number of carbonyl (C=O) groups excluding carboxylic acids is 2. The summed E-state index contributed by atoms with van der Waals surface area (Å²) in [5.41, 5.74) is 1.11. The largest absolute Gasteiger partial charge is 0.478 e. The summed E-state index contributed by atoms with van der Waals surface area (Å²) in [5, 5.41) is 20.1. The van der Waals surface area contributed by atoms with E-state index in [4.69, 9.17) is 9.16 Å². The molecular weight excluding hydrogens is 552 g/mol. The number of carboxylic acid groups (broad SMARTS) is 1. The van der Waals surface area contributed by atoms with Crippen LogP contribution in [0.4, 0.5) is 5.69 Å². The number of nitro groups is 1. The number of ether oxygens (including phenoxy) is 1. The number of nitrogens with zero attached hydrogens (tertiary/aromatic N) is 2. The van der Waals surface area contributed by atoms with E-state index in [9.17, 15) is 29.6 Å². The zero-order valence-electron chi connectivity index (χ0n) is 23.0. The highest BCUT2D eigenvalue weighted by molar-refractivity contribution is 8.09. The average Bonchev–Trinajstić information content (AvgIpc) is 3.25. The molecule has 2 aliphatic heterocycles. The molecule has 10 nitrogen and oxygen atoms in total. The van der Waals surface area contributed by atoms with Crippen LogP contribution in [-0.2, 0) is 25.4 Å². The van der Waals surface area contributed by atoms with Crippen LogP contribution in [0.15, 0.2) is 54.2 Å². The molecule has 2 aromatic carbocycles. The van der Waals surface area contributed by atoms with Crippen LogP contribution in [0.2, 0.25) is 18.1 Å². The van der Waals surface area contributed by atoms with E-state index in [-0.39, 0.29) is 45.8 Å². The third kappa shape index (κ3) is 5.84. The maximum absolute atomic E-state index is 13.4. The van der Waals surface area contributed by atoms with Gasteiger partial charge < -0.3 is 14.3 Å². The molecule has 1 saturated heterocycles. The highest BCUT2D eigenvalue weighted by Gasteiger charge is 2.56. The van der Waals surface area contributed by atoms with Crippen molar-refractivity contribution in [3.63, 3.8) is 0 Å². The van der Waals surface area contributed by atoms with Gasteiger partial charge in [-0.05, 0) is 59.9 Å². The van der Waals surface area contributed by atoms with E-state index in [0.29, 0.717) is 29.1 Å². The zero-order valence-corrected chi connectivity index (χ0v) is 24.8. The minimum atomic E-state index is -1.99. The van der Waals surface area contributed by atoms with Crippen molar-refractivity contribution in [1.29, 1.82) is 0 Å². The third-order valence-electron chi connectivity index (χ3n) is 7.63. The van der Waals surface area contributed by atoms with Gasteiger partial charge in [-0.3, -0.25) is 19.8 Å².